The lowest BCUT2D eigenvalue weighted by Crippen LogP contribution is -2.57. The van der Waals surface area contributed by atoms with E-state index in [9.17, 15) is 27.6 Å². The molecule has 2 heterocycles. The van der Waals surface area contributed by atoms with Crippen LogP contribution in [0.25, 0.3) is 22.0 Å². The first-order chi connectivity index (χ1) is 26.7. The average molecular weight is 788 g/mol. The van der Waals surface area contributed by atoms with Gasteiger partial charge < -0.3 is 25.0 Å². The van der Waals surface area contributed by atoms with E-state index in [4.69, 9.17) is 14.5 Å². The summed E-state index contributed by atoms with van der Waals surface area (Å²) in [6.07, 6.45) is 7.71. The molecule has 6 rings (SSSR count). The van der Waals surface area contributed by atoms with Crippen LogP contribution in [0.4, 0.5) is 4.79 Å². The summed E-state index contributed by atoms with van der Waals surface area (Å²) in [6.45, 7) is 7.16. The Kier molecular flexibility index (Phi) is 12.4. The van der Waals surface area contributed by atoms with Crippen LogP contribution in [-0.2, 0) is 29.1 Å². The smallest absolute Gasteiger partial charge is 0.408 e. The van der Waals surface area contributed by atoms with Crippen LogP contribution in [0.3, 0.4) is 0 Å². The van der Waals surface area contributed by atoms with Gasteiger partial charge in [0.25, 0.3) is 5.91 Å². The van der Waals surface area contributed by atoms with E-state index in [1.54, 1.807) is 20.8 Å². The van der Waals surface area contributed by atoms with Crippen LogP contribution in [0.2, 0.25) is 0 Å². The minimum Gasteiger partial charge on any atom is -0.472 e. The van der Waals surface area contributed by atoms with Crippen molar-refractivity contribution in [2.45, 2.75) is 126 Å². The van der Waals surface area contributed by atoms with E-state index in [2.05, 4.69) is 21.4 Å². The average Bonchev–Trinajstić information content (AvgIpc) is 4.10. The van der Waals surface area contributed by atoms with Crippen LogP contribution in [0, 0.1) is 0 Å². The zero-order valence-electron chi connectivity index (χ0n) is 32.6. The number of alkyl carbamates (subject to hydrolysis) is 1. The molecule has 3 fully saturated rings. The van der Waals surface area contributed by atoms with Crippen molar-refractivity contribution in [1.29, 1.82) is 0 Å². The molecule has 14 heteroatoms. The molecule has 0 bridgehead atoms. The molecule has 2 aliphatic carbocycles. The summed E-state index contributed by atoms with van der Waals surface area (Å²) in [5, 5.41) is 6.61. The van der Waals surface area contributed by atoms with E-state index < -0.39 is 68.4 Å². The highest BCUT2D eigenvalue weighted by Gasteiger charge is 2.55. The molecule has 0 radical (unpaired) electrons. The minimum atomic E-state index is -3.84. The third-order valence-electron chi connectivity index (χ3n) is 10.2. The van der Waals surface area contributed by atoms with Crippen molar-refractivity contribution in [2.24, 2.45) is 0 Å². The first-order valence-electron chi connectivity index (χ1n) is 19.6. The van der Waals surface area contributed by atoms with E-state index in [1.165, 1.54) is 4.90 Å². The van der Waals surface area contributed by atoms with E-state index in [-0.39, 0.29) is 25.8 Å². The van der Waals surface area contributed by atoms with Gasteiger partial charge in [0, 0.05) is 17.4 Å². The maximum Gasteiger partial charge on any atom is 0.408 e. The van der Waals surface area contributed by atoms with Gasteiger partial charge in [-0.1, -0.05) is 73.5 Å². The predicted molar refractivity (Wildman–Crippen MR) is 213 cm³/mol. The van der Waals surface area contributed by atoms with Crippen LogP contribution in [-0.4, -0.2) is 83.2 Å². The van der Waals surface area contributed by atoms with Crippen molar-refractivity contribution < 1.29 is 37.1 Å². The van der Waals surface area contributed by atoms with Gasteiger partial charge in [0.2, 0.25) is 27.7 Å². The lowest BCUT2D eigenvalue weighted by Gasteiger charge is -2.30. The van der Waals surface area contributed by atoms with Gasteiger partial charge in [0.05, 0.1) is 17.5 Å². The Balaban J connectivity index is 1.28. The predicted octanol–water partition coefficient (Wildman–Crippen LogP) is 5.93. The normalized spacial score (nSPS) is 19.7. The van der Waals surface area contributed by atoms with E-state index >= 15 is 0 Å². The van der Waals surface area contributed by atoms with Crippen LogP contribution in [0.5, 0.6) is 5.88 Å². The number of aromatic nitrogens is 1. The van der Waals surface area contributed by atoms with Crippen molar-refractivity contribution in [3.63, 3.8) is 0 Å². The third kappa shape index (κ3) is 10.2. The third-order valence-corrected chi connectivity index (χ3v) is 12.1. The van der Waals surface area contributed by atoms with Crippen LogP contribution in [0.15, 0.2) is 72.8 Å². The number of likely N-dealkylation sites (tertiary alicyclic amines) is 1. The number of hydrogen-bond donors (Lipinski definition) is 3. The topological polar surface area (TPSA) is 173 Å². The molecule has 2 saturated carbocycles. The van der Waals surface area contributed by atoms with Gasteiger partial charge in [-0.25, -0.2) is 18.2 Å². The van der Waals surface area contributed by atoms with Gasteiger partial charge in [-0.2, -0.15) is 0 Å². The molecule has 3 N–H and O–H groups in total. The summed E-state index contributed by atoms with van der Waals surface area (Å²) in [6, 6.07) is 17.2. The summed E-state index contributed by atoms with van der Waals surface area (Å²) in [4.78, 5) is 61.5. The van der Waals surface area contributed by atoms with E-state index in [0.29, 0.717) is 37.3 Å². The number of hydrogen-bond acceptors (Lipinski definition) is 9. The molecule has 1 aromatic heterocycles. The number of fused-ring (bicyclic) bond motifs is 1. The monoisotopic (exact) mass is 787 g/mol. The highest BCUT2D eigenvalue weighted by molar-refractivity contribution is 7.91. The van der Waals surface area contributed by atoms with Crippen LogP contribution < -0.4 is 20.1 Å². The Labute approximate surface area is 329 Å². The Morgan fingerprint density at radius 3 is 2.39 bits per heavy atom. The summed E-state index contributed by atoms with van der Waals surface area (Å²) >= 11 is 0. The highest BCUT2D eigenvalue weighted by Crippen LogP contribution is 2.38. The molecule has 56 heavy (non-hydrogen) atoms. The zero-order chi connectivity index (χ0) is 40.1. The van der Waals surface area contributed by atoms with Gasteiger partial charge in [0.15, 0.2) is 0 Å². The Bertz CT molecular complexity index is 2060. The number of sulfonamides is 1. The zero-order valence-corrected chi connectivity index (χ0v) is 33.4. The molecule has 300 valence electrons. The fraction of sp³-hybridized carbons (Fsp3) is 0.500. The molecular weight excluding hydrogens is 735 g/mol. The SMILES string of the molecule is C/C=C\CCCCC[C@H](NC(=O)OC(C)(C)C)C(=O)N1C[C@H](Oc2nc(-c3ccccc3)cc3ccccc23)C[C@H]1C(=O)NC1(C(=O)NS(=O)(=O)C2CC2)CC1. The summed E-state index contributed by atoms with van der Waals surface area (Å²) < 4.78 is 39.6. The number of pyridine rings is 1. The molecule has 0 spiro atoms. The quantitative estimate of drug-likeness (QED) is 0.118. The van der Waals surface area contributed by atoms with Crippen molar-refractivity contribution in [3.05, 3.63) is 72.8 Å². The molecule has 1 saturated heterocycles. The lowest BCUT2D eigenvalue weighted by molar-refractivity contribution is -0.141. The largest absolute Gasteiger partial charge is 0.472 e. The standard InChI is InChI=1S/C42H53N5O8S/c1-5-6-7-8-9-13-20-33(44-40(51)55-41(2,3)4)38(49)47-27-30(26-35(47)36(48)45-42(23-24-42)39(50)46-56(52,53)31-21-22-31)54-37-32-19-15-14-18-29(32)25-34(43-37)28-16-11-10-12-17-28/h5-6,10-12,14-19,25,30-31,33,35H,7-9,13,20-24,26-27H2,1-4H3,(H,44,51)(H,45,48)(H,46,50)/b6-5-/t30-,33+,35+/m1/s1. The van der Waals surface area contributed by atoms with Crippen molar-refractivity contribution in [1.82, 2.24) is 25.2 Å². The fourth-order valence-electron chi connectivity index (χ4n) is 6.95. The second kappa shape index (κ2) is 17.0. The number of amides is 4. The summed E-state index contributed by atoms with van der Waals surface area (Å²) in [5.41, 5.74) is -0.634. The van der Waals surface area contributed by atoms with Crippen molar-refractivity contribution in [3.8, 4) is 17.1 Å². The highest BCUT2D eigenvalue weighted by atomic mass is 32.2. The molecular formula is C42H53N5O8S. The number of ether oxygens (including phenoxy) is 2. The lowest BCUT2D eigenvalue weighted by atomic mass is 10.0. The number of unbranched alkanes of at least 4 members (excludes halogenated alkanes) is 3. The number of rotatable bonds is 16. The molecule has 13 nitrogen and oxygen atoms in total. The molecule has 3 aromatic rings. The Morgan fingerprint density at radius 2 is 1.71 bits per heavy atom. The number of nitrogens with one attached hydrogen (secondary N) is 3. The molecule has 1 aliphatic heterocycles. The second-order valence-electron chi connectivity index (χ2n) is 16.0. The number of benzene rings is 2. The van der Waals surface area contributed by atoms with Gasteiger partial charge >= 0.3 is 6.09 Å². The van der Waals surface area contributed by atoms with Gasteiger partial charge in [-0.05, 0) is 90.2 Å². The Morgan fingerprint density at radius 1 is 1.00 bits per heavy atom. The van der Waals surface area contributed by atoms with E-state index in [0.717, 1.165) is 35.6 Å². The molecule has 4 amide bonds. The number of carbonyl (C=O) groups is 4. The van der Waals surface area contributed by atoms with Gasteiger partial charge in [-0.3, -0.25) is 19.1 Å². The Hall–Kier alpha value is -4.98. The van der Waals surface area contributed by atoms with Crippen molar-refractivity contribution >= 4 is 44.6 Å². The number of allylic oxidation sites excluding steroid dienone is 2. The molecule has 3 atom stereocenters. The first kappa shape index (κ1) is 40.7. The van der Waals surface area contributed by atoms with Crippen LogP contribution in [0.1, 0.15) is 91.9 Å². The minimum absolute atomic E-state index is 0.00839. The van der Waals surface area contributed by atoms with Crippen LogP contribution >= 0.6 is 0 Å². The summed E-state index contributed by atoms with van der Waals surface area (Å²) in [7, 11) is -3.84. The maximum atomic E-state index is 14.6. The second-order valence-corrected chi connectivity index (χ2v) is 18.0. The van der Waals surface area contributed by atoms with Gasteiger partial charge in [-0.15, -0.1) is 0 Å². The summed E-state index contributed by atoms with van der Waals surface area (Å²) in [5.74, 6) is -1.54. The molecule has 0 unspecified atom stereocenters. The van der Waals surface area contributed by atoms with Crippen molar-refractivity contribution in [2.75, 3.05) is 6.54 Å². The first-order valence-corrected chi connectivity index (χ1v) is 21.1. The fourth-order valence-corrected chi connectivity index (χ4v) is 8.33. The van der Waals surface area contributed by atoms with E-state index in [1.807, 2.05) is 73.7 Å². The number of nitrogens with zero attached hydrogens (tertiary/aromatic N) is 2. The van der Waals surface area contributed by atoms with Gasteiger partial charge in [0.1, 0.15) is 29.3 Å². The maximum absolute atomic E-state index is 14.6. The molecule has 2 aromatic carbocycles. The molecule has 3 aliphatic rings. The number of carbonyl (C=O) groups excluding carboxylic acids is 4.